The van der Waals surface area contributed by atoms with Gasteiger partial charge < -0.3 is 10.2 Å². The first-order chi connectivity index (χ1) is 12.8. The molecule has 3 aliphatic heterocycles. The Hall–Kier alpha value is -1.10. The molecule has 0 bridgehead atoms. The number of nitrogens with one attached hydrogen (secondary N) is 1. The highest BCUT2D eigenvalue weighted by Gasteiger charge is 2.35. The largest absolute Gasteiger partial charge is 0.369 e. The van der Waals surface area contributed by atoms with E-state index in [0.717, 1.165) is 13.1 Å². The Kier molecular flexibility index (Phi) is 7.35. The number of anilines is 1. The van der Waals surface area contributed by atoms with Gasteiger partial charge in [-0.05, 0) is 69.4 Å². The van der Waals surface area contributed by atoms with E-state index in [9.17, 15) is 0 Å². The van der Waals surface area contributed by atoms with Crippen LogP contribution in [0.15, 0.2) is 30.3 Å². The lowest BCUT2D eigenvalue weighted by Crippen LogP contribution is -2.53. The van der Waals surface area contributed by atoms with Gasteiger partial charge in [-0.2, -0.15) is 0 Å². The van der Waals surface area contributed by atoms with Crippen LogP contribution in [0, 0.1) is 5.41 Å². The van der Waals surface area contributed by atoms with Crippen LogP contribution in [-0.2, 0) is 0 Å². The predicted molar refractivity (Wildman–Crippen MR) is 112 cm³/mol. The molecule has 0 atom stereocenters. The Morgan fingerprint density at radius 1 is 0.769 bits per heavy atom. The van der Waals surface area contributed by atoms with Gasteiger partial charge in [-0.15, -0.1) is 0 Å². The summed E-state index contributed by atoms with van der Waals surface area (Å²) in [5.41, 5.74) is 2.05. The minimum atomic E-state index is 0.674. The van der Waals surface area contributed by atoms with Crippen molar-refractivity contribution >= 4 is 5.69 Å². The number of piperidine rings is 2. The molecule has 4 heteroatoms. The second kappa shape index (κ2) is 9.72. The highest BCUT2D eigenvalue weighted by Crippen LogP contribution is 2.39. The normalized spacial score (nSPS) is 24.2. The van der Waals surface area contributed by atoms with Gasteiger partial charge in [-0.3, -0.25) is 9.80 Å². The van der Waals surface area contributed by atoms with Crippen molar-refractivity contribution in [1.82, 2.24) is 15.1 Å². The second-order valence-electron chi connectivity index (χ2n) is 7.95. The third-order valence-corrected chi connectivity index (χ3v) is 6.47. The van der Waals surface area contributed by atoms with Crippen molar-refractivity contribution in [3.05, 3.63) is 30.3 Å². The zero-order valence-electron chi connectivity index (χ0n) is 16.9. The van der Waals surface area contributed by atoms with E-state index >= 15 is 0 Å². The average molecular weight is 359 g/mol. The van der Waals surface area contributed by atoms with Crippen LogP contribution in [0.2, 0.25) is 0 Å². The van der Waals surface area contributed by atoms with Gasteiger partial charge in [0, 0.05) is 31.9 Å². The molecule has 146 valence electrons. The average Bonchev–Trinajstić information content (AvgIpc) is 2.73. The van der Waals surface area contributed by atoms with Crippen LogP contribution in [0.1, 0.15) is 39.5 Å². The summed E-state index contributed by atoms with van der Waals surface area (Å²) in [6.07, 6.45) is 5.63. The molecule has 0 aliphatic carbocycles. The van der Waals surface area contributed by atoms with Gasteiger partial charge in [0.2, 0.25) is 0 Å². The fourth-order valence-corrected chi connectivity index (χ4v) is 4.70. The fourth-order valence-electron chi connectivity index (χ4n) is 4.70. The van der Waals surface area contributed by atoms with Crippen LogP contribution >= 0.6 is 0 Å². The molecule has 0 radical (unpaired) electrons. The second-order valence-corrected chi connectivity index (χ2v) is 7.95. The number of likely N-dealkylation sites (tertiary alicyclic amines) is 1. The van der Waals surface area contributed by atoms with E-state index in [1.807, 2.05) is 13.8 Å². The van der Waals surface area contributed by atoms with E-state index in [-0.39, 0.29) is 0 Å². The Labute approximate surface area is 160 Å². The molecule has 3 fully saturated rings. The lowest BCUT2D eigenvalue weighted by molar-refractivity contribution is 0.0373. The summed E-state index contributed by atoms with van der Waals surface area (Å²) in [6, 6.07) is 10.9. The highest BCUT2D eigenvalue weighted by molar-refractivity contribution is 5.46. The molecule has 0 unspecified atom stereocenters. The van der Waals surface area contributed by atoms with E-state index in [2.05, 4.69) is 50.3 Å². The molecule has 0 aromatic heterocycles. The smallest absolute Gasteiger partial charge is 0.0507 e. The van der Waals surface area contributed by atoms with E-state index in [1.54, 1.807) is 0 Å². The van der Waals surface area contributed by atoms with Gasteiger partial charge in [-0.1, -0.05) is 32.0 Å². The summed E-state index contributed by atoms with van der Waals surface area (Å²) >= 11 is 0. The van der Waals surface area contributed by atoms with Gasteiger partial charge in [-0.25, -0.2) is 0 Å². The van der Waals surface area contributed by atoms with Gasteiger partial charge in [0.1, 0.15) is 0 Å². The number of hydrogen-bond donors (Lipinski definition) is 1. The maximum Gasteiger partial charge on any atom is 0.0507 e. The third kappa shape index (κ3) is 4.99. The number of piperazine rings is 1. The number of rotatable bonds is 3. The van der Waals surface area contributed by atoms with Crippen molar-refractivity contribution in [2.45, 2.75) is 39.5 Å². The van der Waals surface area contributed by atoms with Crippen LogP contribution in [0.4, 0.5) is 5.69 Å². The molecule has 4 nitrogen and oxygen atoms in total. The minimum Gasteiger partial charge on any atom is -0.369 e. The van der Waals surface area contributed by atoms with Crippen molar-refractivity contribution in [3.8, 4) is 0 Å². The Balaban J connectivity index is 0.000000948. The Morgan fingerprint density at radius 3 is 1.96 bits per heavy atom. The van der Waals surface area contributed by atoms with Crippen LogP contribution in [0.5, 0.6) is 0 Å². The quantitative estimate of drug-likeness (QED) is 0.895. The summed E-state index contributed by atoms with van der Waals surface area (Å²) in [4.78, 5) is 7.88. The monoisotopic (exact) mass is 358 g/mol. The van der Waals surface area contributed by atoms with Gasteiger partial charge in [0.25, 0.3) is 0 Å². The zero-order chi connectivity index (χ0) is 18.2. The van der Waals surface area contributed by atoms with Gasteiger partial charge >= 0.3 is 0 Å². The SMILES string of the molecule is CC.c1ccc(N2CCN(CN3CCC4(CCNCC4)CC3)CC2)cc1. The predicted octanol–water partition coefficient (Wildman–Crippen LogP) is 3.26. The van der Waals surface area contributed by atoms with Crippen molar-refractivity contribution < 1.29 is 0 Å². The van der Waals surface area contributed by atoms with Gasteiger partial charge in [0.15, 0.2) is 0 Å². The molecule has 0 amide bonds. The summed E-state index contributed by atoms with van der Waals surface area (Å²) in [5.74, 6) is 0. The number of para-hydroxylation sites is 1. The lowest BCUT2D eigenvalue weighted by Gasteiger charge is -2.46. The van der Waals surface area contributed by atoms with Crippen LogP contribution in [0.3, 0.4) is 0 Å². The number of hydrogen-bond acceptors (Lipinski definition) is 4. The van der Waals surface area contributed by atoms with Crippen LogP contribution < -0.4 is 10.2 Å². The van der Waals surface area contributed by atoms with Crippen LogP contribution in [-0.4, -0.2) is 68.8 Å². The molecule has 1 N–H and O–H groups in total. The number of nitrogens with zero attached hydrogens (tertiary/aromatic N) is 3. The maximum absolute atomic E-state index is 3.52. The molecule has 4 rings (SSSR count). The lowest BCUT2D eigenvalue weighted by atomic mass is 9.72. The standard InChI is InChI=1S/C20H32N4.C2H6/c1-2-4-19(5-3-1)24-16-14-23(15-17-24)18-22-12-8-20(9-13-22)6-10-21-11-7-20;1-2/h1-5,21H,6-18H2;1-2H3. The van der Waals surface area contributed by atoms with E-state index in [1.165, 1.54) is 77.3 Å². The van der Waals surface area contributed by atoms with E-state index in [0.29, 0.717) is 5.41 Å². The summed E-state index contributed by atoms with van der Waals surface area (Å²) in [5, 5.41) is 3.52. The zero-order valence-corrected chi connectivity index (χ0v) is 16.9. The van der Waals surface area contributed by atoms with Crippen molar-refractivity contribution in [3.63, 3.8) is 0 Å². The molecule has 0 saturated carbocycles. The molecule has 1 spiro atoms. The molecular formula is C22H38N4. The molecule has 3 aliphatic rings. The van der Waals surface area contributed by atoms with Crippen molar-refractivity contribution in [2.75, 3.05) is 63.9 Å². The topological polar surface area (TPSA) is 21.8 Å². The van der Waals surface area contributed by atoms with Crippen LogP contribution in [0.25, 0.3) is 0 Å². The van der Waals surface area contributed by atoms with Crippen molar-refractivity contribution in [2.24, 2.45) is 5.41 Å². The third-order valence-electron chi connectivity index (χ3n) is 6.47. The van der Waals surface area contributed by atoms with E-state index in [4.69, 9.17) is 0 Å². The Morgan fingerprint density at radius 2 is 1.35 bits per heavy atom. The fraction of sp³-hybridized carbons (Fsp3) is 0.727. The summed E-state index contributed by atoms with van der Waals surface area (Å²) in [7, 11) is 0. The first kappa shape index (κ1) is 19.7. The minimum absolute atomic E-state index is 0.674. The Bertz CT molecular complexity index is 494. The molecule has 3 heterocycles. The summed E-state index contributed by atoms with van der Waals surface area (Å²) in [6.45, 7) is 15.0. The molecule has 3 saturated heterocycles. The first-order valence-corrected chi connectivity index (χ1v) is 10.8. The molecule has 1 aromatic carbocycles. The molecular weight excluding hydrogens is 320 g/mol. The van der Waals surface area contributed by atoms with Gasteiger partial charge in [0.05, 0.1) is 6.67 Å². The van der Waals surface area contributed by atoms with E-state index < -0.39 is 0 Å². The first-order valence-electron chi connectivity index (χ1n) is 10.8. The summed E-state index contributed by atoms with van der Waals surface area (Å²) < 4.78 is 0. The maximum atomic E-state index is 3.52. The molecule has 26 heavy (non-hydrogen) atoms. The highest BCUT2D eigenvalue weighted by atomic mass is 15.3. The number of benzene rings is 1. The van der Waals surface area contributed by atoms with Crippen molar-refractivity contribution in [1.29, 1.82) is 0 Å². The molecule has 1 aromatic rings.